The molecule has 1 aromatic carbocycles. The fraction of sp³-hybridized carbons (Fsp3) is 0.462. The van der Waals surface area contributed by atoms with Crippen LogP contribution < -0.4 is 10.0 Å². The fourth-order valence-corrected chi connectivity index (χ4v) is 2.87. The minimum absolute atomic E-state index is 0. The minimum Gasteiger partial charge on any atom is -0.465 e. The van der Waals surface area contributed by atoms with E-state index in [1.54, 1.807) is 20.0 Å². The molecule has 1 aromatic rings. The number of carbonyl (C=O) groups is 1. The summed E-state index contributed by atoms with van der Waals surface area (Å²) in [6, 6.07) is 4.54. The van der Waals surface area contributed by atoms with Gasteiger partial charge in [-0.1, -0.05) is 11.6 Å². The Bertz CT molecular complexity index is 590. The Morgan fingerprint density at radius 1 is 1.38 bits per heavy atom. The first-order valence-corrected chi connectivity index (χ1v) is 7.66. The summed E-state index contributed by atoms with van der Waals surface area (Å²) in [4.78, 5) is 11.6. The van der Waals surface area contributed by atoms with Gasteiger partial charge in [0.1, 0.15) is 0 Å². The molecule has 8 heteroatoms. The molecule has 1 unspecified atom stereocenters. The number of rotatable bonds is 6. The van der Waals surface area contributed by atoms with Gasteiger partial charge in [-0.25, -0.2) is 17.9 Å². The molecule has 0 aliphatic rings. The maximum absolute atomic E-state index is 12.3. The molecule has 0 bridgehead atoms. The van der Waals surface area contributed by atoms with E-state index >= 15 is 0 Å². The third kappa shape index (κ3) is 5.28. The molecule has 120 valence electrons. The van der Waals surface area contributed by atoms with E-state index in [-0.39, 0.29) is 35.5 Å². The van der Waals surface area contributed by atoms with Gasteiger partial charge in [0.2, 0.25) is 10.0 Å². The Labute approximate surface area is 131 Å². The molecule has 0 aliphatic carbocycles. The lowest BCUT2D eigenvalue weighted by atomic mass is 10.1. The van der Waals surface area contributed by atoms with Gasteiger partial charge in [-0.3, -0.25) is 0 Å². The van der Waals surface area contributed by atoms with E-state index < -0.39 is 16.0 Å². The van der Waals surface area contributed by atoms with Crippen LogP contribution in [0.5, 0.6) is 0 Å². The van der Waals surface area contributed by atoms with E-state index in [4.69, 9.17) is 0 Å². The van der Waals surface area contributed by atoms with Crippen LogP contribution in [-0.4, -0.2) is 41.1 Å². The number of sulfonamides is 1. The van der Waals surface area contributed by atoms with Gasteiger partial charge in [0, 0.05) is 12.6 Å². The molecule has 0 radical (unpaired) electrons. The van der Waals surface area contributed by atoms with E-state index in [0.29, 0.717) is 0 Å². The van der Waals surface area contributed by atoms with Crippen LogP contribution >= 0.6 is 12.4 Å². The van der Waals surface area contributed by atoms with Gasteiger partial charge in [-0.2, -0.15) is 0 Å². The Kier molecular flexibility index (Phi) is 7.87. The molecule has 0 aliphatic heterocycles. The smallest absolute Gasteiger partial charge is 0.339 e. The first-order valence-electron chi connectivity index (χ1n) is 6.17. The van der Waals surface area contributed by atoms with Crippen LogP contribution in [0.25, 0.3) is 0 Å². The fourth-order valence-electron chi connectivity index (χ4n) is 1.56. The van der Waals surface area contributed by atoms with Crippen molar-refractivity contribution in [3.8, 4) is 0 Å². The summed E-state index contributed by atoms with van der Waals surface area (Å²) >= 11 is 0. The number of hydrogen-bond acceptors (Lipinski definition) is 5. The number of esters is 1. The third-order valence-corrected chi connectivity index (χ3v) is 4.38. The summed E-state index contributed by atoms with van der Waals surface area (Å²) in [6.45, 7) is 3.85. The number of aryl methyl sites for hydroxylation is 1. The highest BCUT2D eigenvalue weighted by Gasteiger charge is 2.23. The predicted molar refractivity (Wildman–Crippen MR) is 83.5 cm³/mol. The lowest BCUT2D eigenvalue weighted by Crippen LogP contribution is -2.37. The molecule has 0 spiro atoms. The van der Waals surface area contributed by atoms with Crippen LogP contribution in [0.3, 0.4) is 0 Å². The Balaban J connectivity index is 0.00000400. The van der Waals surface area contributed by atoms with Crippen molar-refractivity contribution in [2.45, 2.75) is 24.8 Å². The average Bonchev–Trinajstić information content (AvgIpc) is 2.43. The van der Waals surface area contributed by atoms with Crippen LogP contribution in [-0.2, 0) is 14.8 Å². The monoisotopic (exact) mass is 336 g/mol. The lowest BCUT2D eigenvalue weighted by Gasteiger charge is -2.14. The molecule has 0 heterocycles. The third-order valence-electron chi connectivity index (χ3n) is 2.90. The van der Waals surface area contributed by atoms with Gasteiger partial charge in [0.25, 0.3) is 0 Å². The van der Waals surface area contributed by atoms with E-state index in [1.165, 1.54) is 19.2 Å². The maximum atomic E-state index is 12.3. The number of carbonyl (C=O) groups excluding carboxylic acids is 1. The standard InChI is InChI=1S/C13H20N2O4S.ClH/c1-9-5-6-12(11(7-9)13(16)19-4)20(17,18)15-8-10(2)14-3;/h5-7,10,14-15H,8H2,1-4H3;1H. The second kappa shape index (κ2) is 8.33. The summed E-state index contributed by atoms with van der Waals surface area (Å²) < 4.78 is 31.6. The normalized spacial score (nSPS) is 12.4. The van der Waals surface area contributed by atoms with Gasteiger partial charge in [0.05, 0.1) is 17.6 Å². The topological polar surface area (TPSA) is 84.5 Å². The summed E-state index contributed by atoms with van der Waals surface area (Å²) in [6.07, 6.45) is 0. The summed E-state index contributed by atoms with van der Waals surface area (Å²) in [5.41, 5.74) is 0.824. The number of benzene rings is 1. The molecule has 0 amide bonds. The zero-order valence-electron chi connectivity index (χ0n) is 12.5. The first kappa shape index (κ1) is 19.9. The number of ether oxygens (including phenoxy) is 1. The van der Waals surface area contributed by atoms with Crippen LogP contribution in [0, 0.1) is 6.92 Å². The van der Waals surface area contributed by atoms with E-state index in [9.17, 15) is 13.2 Å². The van der Waals surface area contributed by atoms with Crippen LogP contribution in [0.2, 0.25) is 0 Å². The van der Waals surface area contributed by atoms with Crippen molar-refractivity contribution in [2.75, 3.05) is 20.7 Å². The number of halogens is 1. The number of hydrogen-bond donors (Lipinski definition) is 2. The van der Waals surface area contributed by atoms with Crippen molar-refractivity contribution < 1.29 is 17.9 Å². The summed E-state index contributed by atoms with van der Waals surface area (Å²) in [5.74, 6) is -0.671. The van der Waals surface area contributed by atoms with Crippen molar-refractivity contribution in [2.24, 2.45) is 0 Å². The van der Waals surface area contributed by atoms with Crippen molar-refractivity contribution in [1.82, 2.24) is 10.0 Å². The lowest BCUT2D eigenvalue weighted by molar-refractivity contribution is 0.0596. The molecule has 0 saturated carbocycles. The largest absolute Gasteiger partial charge is 0.465 e. The van der Waals surface area contributed by atoms with Crippen molar-refractivity contribution in [3.63, 3.8) is 0 Å². The molecule has 1 atom stereocenters. The Morgan fingerprint density at radius 2 is 2.00 bits per heavy atom. The highest BCUT2D eigenvalue weighted by molar-refractivity contribution is 7.89. The number of likely N-dealkylation sites (N-methyl/N-ethyl adjacent to an activating group) is 1. The number of nitrogens with one attached hydrogen (secondary N) is 2. The summed E-state index contributed by atoms with van der Waals surface area (Å²) in [5, 5.41) is 2.93. The van der Waals surface area contributed by atoms with Crippen molar-refractivity contribution in [1.29, 1.82) is 0 Å². The molecule has 1 rings (SSSR count). The van der Waals surface area contributed by atoms with E-state index in [2.05, 4.69) is 14.8 Å². The van der Waals surface area contributed by atoms with Gasteiger partial charge in [-0.05, 0) is 33.0 Å². The Hall–Kier alpha value is -1.15. The maximum Gasteiger partial charge on any atom is 0.339 e. The van der Waals surface area contributed by atoms with Crippen LogP contribution in [0.15, 0.2) is 23.1 Å². The minimum atomic E-state index is -3.76. The van der Waals surface area contributed by atoms with Crippen LogP contribution in [0.4, 0.5) is 0 Å². The molecule has 2 N–H and O–H groups in total. The van der Waals surface area contributed by atoms with E-state index in [1.807, 2.05) is 6.92 Å². The second-order valence-electron chi connectivity index (χ2n) is 4.53. The first-order chi connectivity index (χ1) is 9.31. The number of methoxy groups -OCH3 is 1. The average molecular weight is 337 g/mol. The van der Waals surface area contributed by atoms with Crippen LogP contribution in [0.1, 0.15) is 22.8 Å². The van der Waals surface area contributed by atoms with Crippen molar-refractivity contribution >= 4 is 28.4 Å². The summed E-state index contributed by atoms with van der Waals surface area (Å²) in [7, 11) is -0.798. The molecule has 6 nitrogen and oxygen atoms in total. The van der Waals surface area contributed by atoms with Crippen molar-refractivity contribution in [3.05, 3.63) is 29.3 Å². The molecular formula is C13H21ClN2O4S. The predicted octanol–water partition coefficient (Wildman–Crippen LogP) is 1.09. The van der Waals surface area contributed by atoms with Gasteiger partial charge in [-0.15, -0.1) is 12.4 Å². The quantitative estimate of drug-likeness (QED) is 0.760. The van der Waals surface area contributed by atoms with Gasteiger partial charge >= 0.3 is 5.97 Å². The molecule has 0 saturated heterocycles. The molecule has 0 aromatic heterocycles. The molecule has 0 fully saturated rings. The molecule has 21 heavy (non-hydrogen) atoms. The zero-order valence-corrected chi connectivity index (χ0v) is 14.1. The Morgan fingerprint density at radius 3 is 2.52 bits per heavy atom. The zero-order chi connectivity index (χ0) is 15.3. The highest BCUT2D eigenvalue weighted by Crippen LogP contribution is 2.18. The highest BCUT2D eigenvalue weighted by atomic mass is 35.5. The van der Waals surface area contributed by atoms with Gasteiger partial charge in [0.15, 0.2) is 0 Å². The SMILES string of the molecule is CNC(C)CNS(=O)(=O)c1ccc(C)cc1C(=O)OC.Cl. The molecular weight excluding hydrogens is 316 g/mol. The van der Waals surface area contributed by atoms with Gasteiger partial charge < -0.3 is 10.1 Å². The van der Waals surface area contributed by atoms with E-state index in [0.717, 1.165) is 5.56 Å². The second-order valence-corrected chi connectivity index (χ2v) is 6.27.